The van der Waals surface area contributed by atoms with Crippen molar-refractivity contribution in [2.24, 2.45) is 0 Å². The van der Waals surface area contributed by atoms with Crippen molar-refractivity contribution in [1.82, 2.24) is 9.55 Å². The molecule has 0 aliphatic heterocycles. The molecule has 0 saturated carbocycles. The maximum atomic E-state index is 13.1. The monoisotopic (exact) mass is 310 g/mol. The quantitative estimate of drug-likeness (QED) is 0.751. The number of aromatic amines is 1. The molecule has 3 aromatic rings. The number of hydrogen-bond donors (Lipinski definition) is 1. The lowest BCUT2D eigenvalue weighted by Gasteiger charge is -2.10. The number of aromatic nitrogens is 2. The molecule has 0 radical (unpaired) electrons. The first-order chi connectivity index (χ1) is 10.3. The third kappa shape index (κ3) is 2.12. The smallest absolute Gasteiger partial charge is 0.417 e. The molecule has 8 heteroatoms. The molecule has 0 spiro atoms. The summed E-state index contributed by atoms with van der Waals surface area (Å²) in [6.07, 6.45) is -4.71. The van der Waals surface area contributed by atoms with E-state index >= 15 is 0 Å². The van der Waals surface area contributed by atoms with Crippen LogP contribution in [-0.2, 0) is 6.18 Å². The normalized spacial score (nSPS) is 12.0. The molecule has 0 saturated heterocycles. The molecule has 114 valence electrons. The van der Waals surface area contributed by atoms with E-state index in [-0.39, 0.29) is 11.4 Å². The number of furan rings is 1. The van der Waals surface area contributed by atoms with Crippen LogP contribution in [-0.4, -0.2) is 9.55 Å². The Kier molecular flexibility index (Phi) is 2.98. The molecule has 1 aromatic carbocycles. The molecular weight excluding hydrogens is 301 g/mol. The summed E-state index contributed by atoms with van der Waals surface area (Å²) in [6, 6.07) is 6.00. The molecule has 0 aliphatic carbocycles. The maximum Gasteiger partial charge on any atom is 0.417 e. The number of fused-ring (bicyclic) bond motifs is 1. The van der Waals surface area contributed by atoms with Crippen molar-refractivity contribution in [3.05, 3.63) is 62.5 Å². The van der Waals surface area contributed by atoms with Gasteiger partial charge in [0.1, 0.15) is 5.76 Å². The molecule has 0 atom stereocenters. The fourth-order valence-electron chi connectivity index (χ4n) is 2.24. The number of H-pyrrole nitrogens is 1. The van der Waals surface area contributed by atoms with Gasteiger partial charge in [0, 0.05) is 6.07 Å². The van der Waals surface area contributed by atoms with Crippen molar-refractivity contribution in [3.63, 3.8) is 0 Å². The lowest BCUT2D eigenvalue weighted by molar-refractivity contribution is -0.136. The highest BCUT2D eigenvalue weighted by Crippen LogP contribution is 2.32. The summed E-state index contributed by atoms with van der Waals surface area (Å²) in [5.74, 6) is 0.285. The Hall–Kier alpha value is -2.77. The minimum atomic E-state index is -4.71. The first-order valence-electron chi connectivity index (χ1n) is 6.21. The van der Waals surface area contributed by atoms with E-state index in [4.69, 9.17) is 4.42 Å². The van der Waals surface area contributed by atoms with Gasteiger partial charge >= 0.3 is 11.9 Å². The summed E-state index contributed by atoms with van der Waals surface area (Å²) < 4.78 is 44.9. The van der Waals surface area contributed by atoms with E-state index < -0.39 is 28.4 Å². The number of alkyl halides is 3. The topological polar surface area (TPSA) is 68.0 Å². The van der Waals surface area contributed by atoms with E-state index in [1.165, 1.54) is 18.2 Å². The standard InChI is InChI=1S/C14H9F3N2O3/c1-7-5-6-10(22-7)19-12(20)11-8(14(15,16)17)3-2-4-9(11)18-13(19)21/h2-6H,1H3,(H,18,21). The Bertz CT molecular complexity index is 979. The summed E-state index contributed by atoms with van der Waals surface area (Å²) in [5.41, 5.74) is -3.24. The van der Waals surface area contributed by atoms with Gasteiger partial charge in [0.05, 0.1) is 16.5 Å². The minimum Gasteiger partial charge on any atom is -0.445 e. The van der Waals surface area contributed by atoms with Crippen LogP contribution in [0.2, 0.25) is 0 Å². The molecule has 0 unspecified atom stereocenters. The number of aryl methyl sites for hydroxylation is 1. The van der Waals surface area contributed by atoms with Crippen molar-refractivity contribution in [2.45, 2.75) is 13.1 Å². The molecule has 22 heavy (non-hydrogen) atoms. The first-order valence-corrected chi connectivity index (χ1v) is 6.21. The van der Waals surface area contributed by atoms with Crippen molar-refractivity contribution in [2.75, 3.05) is 0 Å². The number of halogens is 3. The summed E-state index contributed by atoms with van der Waals surface area (Å²) in [7, 11) is 0. The average molecular weight is 310 g/mol. The van der Waals surface area contributed by atoms with Crippen LogP contribution in [0.4, 0.5) is 13.2 Å². The van der Waals surface area contributed by atoms with Gasteiger partial charge in [-0.05, 0) is 25.1 Å². The van der Waals surface area contributed by atoms with Gasteiger partial charge in [-0.3, -0.25) is 4.79 Å². The van der Waals surface area contributed by atoms with Gasteiger partial charge < -0.3 is 9.40 Å². The SMILES string of the molecule is Cc1ccc(-n2c(=O)[nH]c3cccc(C(F)(F)F)c3c2=O)o1. The highest BCUT2D eigenvalue weighted by molar-refractivity contribution is 5.81. The largest absolute Gasteiger partial charge is 0.445 e. The fraction of sp³-hybridized carbons (Fsp3) is 0.143. The number of nitrogens with zero attached hydrogens (tertiary/aromatic N) is 1. The van der Waals surface area contributed by atoms with Crippen LogP contribution in [0.1, 0.15) is 11.3 Å². The van der Waals surface area contributed by atoms with Gasteiger partial charge in [0.2, 0.25) is 5.88 Å². The second-order valence-electron chi connectivity index (χ2n) is 4.68. The van der Waals surface area contributed by atoms with E-state index in [1.54, 1.807) is 6.92 Å². The van der Waals surface area contributed by atoms with Crippen molar-refractivity contribution in [1.29, 1.82) is 0 Å². The average Bonchev–Trinajstić information content (AvgIpc) is 2.83. The summed E-state index contributed by atoms with van der Waals surface area (Å²) in [6.45, 7) is 1.59. The predicted molar refractivity (Wildman–Crippen MR) is 72.2 cm³/mol. The highest BCUT2D eigenvalue weighted by atomic mass is 19.4. The summed E-state index contributed by atoms with van der Waals surface area (Å²) in [4.78, 5) is 26.7. The molecule has 3 rings (SSSR count). The molecular formula is C14H9F3N2O3. The Balaban J connectivity index is 2.47. The molecule has 0 amide bonds. The summed E-state index contributed by atoms with van der Waals surface area (Å²) >= 11 is 0. The second-order valence-corrected chi connectivity index (χ2v) is 4.68. The van der Waals surface area contributed by atoms with Gasteiger partial charge in [-0.2, -0.15) is 17.7 Å². The number of nitrogens with one attached hydrogen (secondary N) is 1. The Labute approximate surface area is 120 Å². The van der Waals surface area contributed by atoms with Gasteiger partial charge in [0.15, 0.2) is 0 Å². The Morgan fingerprint density at radius 1 is 1.14 bits per heavy atom. The number of benzene rings is 1. The summed E-state index contributed by atoms with van der Waals surface area (Å²) in [5, 5.41) is -0.608. The lowest BCUT2D eigenvalue weighted by Crippen LogP contribution is -2.34. The Morgan fingerprint density at radius 3 is 2.45 bits per heavy atom. The van der Waals surface area contributed by atoms with E-state index in [0.29, 0.717) is 10.3 Å². The van der Waals surface area contributed by atoms with E-state index in [1.807, 2.05) is 0 Å². The van der Waals surface area contributed by atoms with E-state index in [2.05, 4.69) is 4.98 Å². The Morgan fingerprint density at radius 2 is 1.86 bits per heavy atom. The maximum absolute atomic E-state index is 13.1. The number of rotatable bonds is 1. The molecule has 0 bridgehead atoms. The molecule has 0 fully saturated rings. The third-order valence-electron chi connectivity index (χ3n) is 3.18. The zero-order chi connectivity index (χ0) is 16.1. The van der Waals surface area contributed by atoms with Gasteiger partial charge in [-0.1, -0.05) is 6.07 Å². The van der Waals surface area contributed by atoms with Crippen LogP contribution in [0, 0.1) is 6.92 Å². The fourth-order valence-corrected chi connectivity index (χ4v) is 2.24. The minimum absolute atomic E-state index is 0.136. The first kappa shape index (κ1) is 14.2. The predicted octanol–water partition coefficient (Wildman–Crippen LogP) is 2.60. The third-order valence-corrected chi connectivity index (χ3v) is 3.18. The van der Waals surface area contributed by atoms with Crippen LogP contribution in [0.25, 0.3) is 16.8 Å². The zero-order valence-electron chi connectivity index (χ0n) is 11.2. The van der Waals surface area contributed by atoms with Crippen molar-refractivity contribution >= 4 is 10.9 Å². The second kappa shape index (κ2) is 4.62. The van der Waals surface area contributed by atoms with Crippen LogP contribution < -0.4 is 11.2 Å². The van der Waals surface area contributed by atoms with Gasteiger partial charge in [0.25, 0.3) is 5.56 Å². The van der Waals surface area contributed by atoms with Crippen LogP contribution in [0.5, 0.6) is 0 Å². The molecule has 5 nitrogen and oxygen atoms in total. The van der Waals surface area contributed by atoms with E-state index in [0.717, 1.165) is 12.1 Å². The van der Waals surface area contributed by atoms with Crippen molar-refractivity contribution < 1.29 is 17.6 Å². The molecule has 2 aromatic heterocycles. The van der Waals surface area contributed by atoms with Crippen molar-refractivity contribution in [3.8, 4) is 5.88 Å². The number of hydrogen-bond acceptors (Lipinski definition) is 3. The van der Waals surface area contributed by atoms with E-state index in [9.17, 15) is 22.8 Å². The highest BCUT2D eigenvalue weighted by Gasteiger charge is 2.34. The van der Waals surface area contributed by atoms with Crippen LogP contribution >= 0.6 is 0 Å². The van der Waals surface area contributed by atoms with Crippen LogP contribution in [0.3, 0.4) is 0 Å². The van der Waals surface area contributed by atoms with Gasteiger partial charge in [-0.25, -0.2) is 4.79 Å². The van der Waals surface area contributed by atoms with Gasteiger partial charge in [-0.15, -0.1) is 0 Å². The van der Waals surface area contributed by atoms with Crippen LogP contribution in [0.15, 0.2) is 44.3 Å². The molecule has 2 heterocycles. The molecule has 0 aliphatic rings. The zero-order valence-corrected chi connectivity index (χ0v) is 11.2. The molecule has 1 N–H and O–H groups in total. The lowest BCUT2D eigenvalue weighted by atomic mass is 10.1.